The van der Waals surface area contributed by atoms with Crippen LogP contribution in [-0.2, 0) is 25.5 Å². The van der Waals surface area contributed by atoms with Crippen LogP contribution in [0.4, 0.5) is 26.3 Å². The topological polar surface area (TPSA) is 74.0 Å². The largest absolute Gasteiger partial charge is 0.489 e. The van der Waals surface area contributed by atoms with Crippen molar-refractivity contribution in [3.05, 3.63) is 81.0 Å². The van der Waals surface area contributed by atoms with Crippen LogP contribution in [0.25, 0.3) is 0 Å². The molecule has 1 aromatic heterocycles. The van der Waals surface area contributed by atoms with Gasteiger partial charge in [0.1, 0.15) is 18.2 Å². The van der Waals surface area contributed by atoms with Crippen molar-refractivity contribution in [3.63, 3.8) is 0 Å². The maximum absolute atomic E-state index is 13.2. The van der Waals surface area contributed by atoms with Gasteiger partial charge in [0.05, 0.1) is 17.7 Å². The predicted octanol–water partition coefficient (Wildman–Crippen LogP) is 5.69. The third-order valence-corrected chi connectivity index (χ3v) is 5.37. The Kier molecular flexibility index (Phi) is 7.93. The lowest BCUT2D eigenvalue weighted by Gasteiger charge is -2.29. The minimum atomic E-state index is -4.93. The van der Waals surface area contributed by atoms with E-state index in [1.807, 2.05) is 18.7 Å². The van der Waals surface area contributed by atoms with E-state index in [4.69, 9.17) is 4.74 Å². The molecule has 0 aliphatic carbocycles. The average molecular weight is 502 g/mol. The molecule has 0 unspecified atom stereocenters. The summed E-state index contributed by atoms with van der Waals surface area (Å²) >= 11 is 0. The molecule has 0 fully saturated rings. The van der Waals surface area contributed by atoms with E-state index in [1.165, 1.54) is 0 Å². The summed E-state index contributed by atoms with van der Waals surface area (Å²) in [7, 11) is 0. The maximum Gasteiger partial charge on any atom is 0.416 e. The normalized spacial score (nSPS) is 13.3. The lowest BCUT2D eigenvalue weighted by atomic mass is 10.0. The van der Waals surface area contributed by atoms with Crippen LogP contribution in [-0.4, -0.2) is 26.6 Å². The minimum Gasteiger partial charge on any atom is -0.489 e. The second-order valence-corrected chi connectivity index (χ2v) is 8.01. The Morgan fingerprint density at radius 3 is 2.20 bits per heavy atom. The number of para-hydroxylation sites is 1. The van der Waals surface area contributed by atoms with E-state index < -0.39 is 35.8 Å². The zero-order valence-corrected chi connectivity index (χ0v) is 18.9. The highest BCUT2D eigenvalue weighted by atomic mass is 19.4. The number of nitrogens with one attached hydrogen (secondary N) is 2. The summed E-state index contributed by atoms with van der Waals surface area (Å²) in [5, 5.41) is 6.22. The van der Waals surface area contributed by atoms with Crippen LogP contribution in [0.2, 0.25) is 0 Å². The molecular formula is C23H24F6N4O2. The molecule has 2 N–H and O–H groups in total. The molecule has 6 nitrogen and oxygen atoms in total. The first kappa shape index (κ1) is 26.3. The van der Waals surface area contributed by atoms with E-state index in [0.717, 1.165) is 6.42 Å². The van der Waals surface area contributed by atoms with Gasteiger partial charge in [0.15, 0.2) is 0 Å². The van der Waals surface area contributed by atoms with Gasteiger partial charge < -0.3 is 4.74 Å². The molecule has 1 heterocycles. The zero-order valence-electron chi connectivity index (χ0n) is 18.9. The van der Waals surface area contributed by atoms with Gasteiger partial charge in [0.2, 0.25) is 0 Å². The Hall–Kier alpha value is -3.28. The number of nitrogens with zero attached hydrogens (tertiary/aromatic N) is 2. The van der Waals surface area contributed by atoms with Gasteiger partial charge in [-0.3, -0.25) is 9.88 Å². The molecule has 0 saturated heterocycles. The van der Waals surface area contributed by atoms with Crippen molar-refractivity contribution in [1.82, 2.24) is 20.1 Å². The number of rotatable bonds is 9. The van der Waals surface area contributed by atoms with E-state index in [-0.39, 0.29) is 17.7 Å². The van der Waals surface area contributed by atoms with Gasteiger partial charge in [-0.25, -0.2) is 9.89 Å². The van der Waals surface area contributed by atoms with E-state index >= 15 is 0 Å². The molecule has 0 amide bonds. The predicted molar refractivity (Wildman–Crippen MR) is 116 cm³/mol. The molecule has 12 heteroatoms. The molecule has 0 aliphatic heterocycles. The Morgan fingerprint density at radius 1 is 1.03 bits per heavy atom. The van der Waals surface area contributed by atoms with Crippen LogP contribution >= 0.6 is 0 Å². The first-order valence-electron chi connectivity index (χ1n) is 10.8. The second-order valence-electron chi connectivity index (χ2n) is 8.01. The number of hydrogen-bond acceptors (Lipinski definition) is 4. The Morgan fingerprint density at radius 2 is 1.66 bits per heavy atom. The van der Waals surface area contributed by atoms with Crippen LogP contribution in [0.15, 0.2) is 47.3 Å². The monoisotopic (exact) mass is 502 g/mol. The third-order valence-electron chi connectivity index (χ3n) is 5.37. The quantitative estimate of drug-likeness (QED) is 0.369. The fourth-order valence-corrected chi connectivity index (χ4v) is 3.69. The Balaban J connectivity index is 1.86. The van der Waals surface area contributed by atoms with Crippen LogP contribution in [0.3, 0.4) is 0 Å². The zero-order chi connectivity index (χ0) is 25.8. The highest BCUT2D eigenvalue weighted by Gasteiger charge is 2.37. The van der Waals surface area contributed by atoms with Gasteiger partial charge in [0.25, 0.3) is 0 Å². The van der Waals surface area contributed by atoms with Crippen molar-refractivity contribution >= 4 is 0 Å². The van der Waals surface area contributed by atoms with Crippen molar-refractivity contribution in [2.45, 2.75) is 51.8 Å². The van der Waals surface area contributed by atoms with E-state index in [1.54, 1.807) is 24.3 Å². The van der Waals surface area contributed by atoms with E-state index in [2.05, 4.69) is 15.2 Å². The summed E-state index contributed by atoms with van der Waals surface area (Å²) in [6.45, 7) is 4.31. The van der Waals surface area contributed by atoms with E-state index in [9.17, 15) is 31.1 Å². The van der Waals surface area contributed by atoms with Gasteiger partial charge in [0, 0.05) is 11.6 Å². The number of benzene rings is 2. The lowest BCUT2D eigenvalue weighted by molar-refractivity contribution is -0.143. The molecule has 2 aromatic carbocycles. The van der Waals surface area contributed by atoms with Gasteiger partial charge in [-0.05, 0) is 49.7 Å². The fourth-order valence-electron chi connectivity index (χ4n) is 3.69. The van der Waals surface area contributed by atoms with Gasteiger partial charge >= 0.3 is 18.0 Å². The number of aromatic nitrogens is 3. The SMILES string of the molecule is CCCN(Cc1n[nH]c(=O)[nH]1)[C@@H](C)c1ccccc1OCc1cc(C(F)(F)F)cc(C(F)(F)F)c1. The summed E-state index contributed by atoms with van der Waals surface area (Å²) in [6, 6.07) is 7.91. The van der Waals surface area contributed by atoms with Crippen LogP contribution in [0, 0.1) is 0 Å². The average Bonchev–Trinajstić information content (AvgIpc) is 3.20. The first-order chi connectivity index (χ1) is 16.4. The lowest BCUT2D eigenvalue weighted by Crippen LogP contribution is -2.28. The summed E-state index contributed by atoms with van der Waals surface area (Å²) in [4.78, 5) is 16.0. The Labute approximate surface area is 196 Å². The Bertz CT molecular complexity index is 1150. The second kappa shape index (κ2) is 10.5. The molecule has 0 aliphatic rings. The van der Waals surface area contributed by atoms with Gasteiger partial charge in [-0.1, -0.05) is 25.1 Å². The van der Waals surface area contributed by atoms with Crippen LogP contribution < -0.4 is 10.4 Å². The molecule has 3 aromatic rings. The first-order valence-corrected chi connectivity index (χ1v) is 10.8. The van der Waals surface area contributed by atoms with Crippen molar-refractivity contribution in [2.24, 2.45) is 0 Å². The molecule has 3 rings (SSSR count). The molecule has 1 atom stereocenters. The molecule has 0 radical (unpaired) electrons. The number of aromatic amines is 2. The standard InChI is InChI=1S/C23H24F6N4O2/c1-3-8-33(12-20-30-21(34)32-31-20)14(2)18-6-4-5-7-19(18)35-13-15-9-16(22(24,25)26)11-17(10-15)23(27,28)29/h4-7,9-11,14H,3,8,12-13H2,1-2H3,(H2,30,31,32,34)/t14-/m0/s1. The summed E-state index contributed by atoms with van der Waals surface area (Å²) in [6.07, 6.45) is -9.08. The highest BCUT2D eigenvalue weighted by molar-refractivity contribution is 5.37. The van der Waals surface area contributed by atoms with Crippen LogP contribution in [0.1, 0.15) is 54.4 Å². The number of hydrogen-bond donors (Lipinski definition) is 2. The van der Waals surface area contributed by atoms with Gasteiger partial charge in [-0.15, -0.1) is 0 Å². The summed E-state index contributed by atoms with van der Waals surface area (Å²) in [5.41, 5.74) is -2.80. The maximum atomic E-state index is 13.2. The smallest absolute Gasteiger partial charge is 0.416 e. The minimum absolute atomic E-state index is 0.0848. The van der Waals surface area contributed by atoms with Gasteiger partial charge in [-0.2, -0.15) is 31.4 Å². The number of H-pyrrole nitrogens is 2. The molecular weight excluding hydrogens is 478 g/mol. The number of halogens is 6. The third kappa shape index (κ3) is 6.87. The van der Waals surface area contributed by atoms with Crippen molar-refractivity contribution in [1.29, 1.82) is 0 Å². The van der Waals surface area contributed by atoms with E-state index in [0.29, 0.717) is 42.4 Å². The molecule has 0 bridgehead atoms. The number of alkyl halides is 6. The highest BCUT2D eigenvalue weighted by Crippen LogP contribution is 2.37. The molecule has 0 saturated carbocycles. The molecule has 0 spiro atoms. The molecule has 35 heavy (non-hydrogen) atoms. The van der Waals surface area contributed by atoms with Crippen LogP contribution in [0.5, 0.6) is 5.75 Å². The molecule has 190 valence electrons. The number of ether oxygens (including phenoxy) is 1. The summed E-state index contributed by atoms with van der Waals surface area (Å²) < 4.78 is 84.7. The van der Waals surface area contributed by atoms with Crippen molar-refractivity contribution in [2.75, 3.05) is 6.54 Å². The fraction of sp³-hybridized carbons (Fsp3) is 0.391. The summed E-state index contributed by atoms with van der Waals surface area (Å²) in [5.74, 6) is 0.750. The van der Waals surface area contributed by atoms with Crippen molar-refractivity contribution < 1.29 is 31.1 Å². The van der Waals surface area contributed by atoms with Crippen molar-refractivity contribution in [3.8, 4) is 5.75 Å².